The van der Waals surface area contributed by atoms with Crippen LogP contribution in [0.5, 0.6) is 11.5 Å². The maximum Gasteiger partial charge on any atom is 0.573 e. The van der Waals surface area contributed by atoms with E-state index >= 15 is 0 Å². The molecular formula is C25H32F3NO4. The maximum absolute atomic E-state index is 12.3. The van der Waals surface area contributed by atoms with Gasteiger partial charge in [0.25, 0.3) is 0 Å². The number of nitrogens with zero attached hydrogens (tertiary/aromatic N) is 1. The number of benzene rings is 2. The van der Waals surface area contributed by atoms with Crippen molar-refractivity contribution in [3.05, 3.63) is 54.1 Å². The molecule has 0 spiro atoms. The summed E-state index contributed by atoms with van der Waals surface area (Å²) in [4.78, 5) is 2.34. The van der Waals surface area contributed by atoms with Gasteiger partial charge in [-0.1, -0.05) is 12.1 Å². The van der Waals surface area contributed by atoms with Crippen molar-refractivity contribution in [2.75, 3.05) is 31.2 Å². The molecule has 1 heterocycles. The van der Waals surface area contributed by atoms with Crippen LogP contribution < -0.4 is 14.4 Å². The van der Waals surface area contributed by atoms with Crippen LogP contribution >= 0.6 is 0 Å². The Labute approximate surface area is 192 Å². The van der Waals surface area contributed by atoms with Gasteiger partial charge < -0.3 is 24.6 Å². The molecule has 1 fully saturated rings. The molecule has 0 amide bonds. The zero-order chi connectivity index (χ0) is 23.9. The van der Waals surface area contributed by atoms with Crippen molar-refractivity contribution in [3.8, 4) is 11.5 Å². The van der Waals surface area contributed by atoms with E-state index in [0.29, 0.717) is 11.7 Å². The number of piperidine rings is 1. The summed E-state index contributed by atoms with van der Waals surface area (Å²) in [6.07, 6.45) is -0.423. The Bertz CT molecular complexity index is 845. The summed E-state index contributed by atoms with van der Waals surface area (Å²) in [5.74, 6) is 1.08. The van der Waals surface area contributed by atoms with Crippen LogP contribution in [-0.4, -0.2) is 48.5 Å². The van der Waals surface area contributed by atoms with Crippen molar-refractivity contribution in [2.24, 2.45) is 5.92 Å². The number of rotatable bonds is 10. The molecule has 0 radical (unpaired) electrons. The number of aliphatic hydroxyl groups excluding tert-OH is 1. The molecule has 2 N–H and O–H groups in total. The molecule has 1 aliphatic heterocycles. The zero-order valence-electron chi connectivity index (χ0n) is 18.9. The lowest BCUT2D eigenvalue weighted by molar-refractivity contribution is -0.274. The second-order valence-corrected chi connectivity index (χ2v) is 8.91. The molecule has 0 aromatic heterocycles. The average molecular weight is 468 g/mol. The van der Waals surface area contributed by atoms with Crippen LogP contribution in [0.15, 0.2) is 48.5 Å². The summed E-state index contributed by atoms with van der Waals surface area (Å²) in [5, 5.41) is 19.1. The summed E-state index contributed by atoms with van der Waals surface area (Å²) in [6, 6.07) is 13.9. The van der Waals surface area contributed by atoms with Crippen LogP contribution in [0.25, 0.3) is 0 Å². The minimum Gasteiger partial charge on any atom is -0.491 e. The Morgan fingerprint density at radius 2 is 1.58 bits per heavy atom. The molecule has 8 heteroatoms. The second kappa shape index (κ2) is 11.1. The Morgan fingerprint density at radius 3 is 2.15 bits per heavy atom. The fourth-order valence-corrected chi connectivity index (χ4v) is 4.01. The minimum absolute atomic E-state index is 0.0888. The van der Waals surface area contributed by atoms with Crippen LogP contribution in [-0.2, 0) is 6.42 Å². The minimum atomic E-state index is -4.66. The number of ether oxygens (including phenoxy) is 2. The lowest BCUT2D eigenvalue weighted by Gasteiger charge is -2.34. The van der Waals surface area contributed by atoms with Crippen molar-refractivity contribution in [1.29, 1.82) is 0 Å². The number of halogens is 3. The van der Waals surface area contributed by atoms with Gasteiger partial charge in [-0.05, 0) is 80.5 Å². The number of aliphatic hydroxyl groups is 2. The fraction of sp³-hybridized carbons (Fsp3) is 0.520. The summed E-state index contributed by atoms with van der Waals surface area (Å²) in [7, 11) is 0. The quantitative estimate of drug-likeness (QED) is 0.518. The van der Waals surface area contributed by atoms with Crippen molar-refractivity contribution >= 4 is 5.69 Å². The highest BCUT2D eigenvalue weighted by molar-refractivity contribution is 5.49. The van der Waals surface area contributed by atoms with E-state index in [9.17, 15) is 18.3 Å². The van der Waals surface area contributed by atoms with Crippen molar-refractivity contribution < 1.29 is 32.9 Å². The van der Waals surface area contributed by atoms with E-state index in [0.717, 1.165) is 50.0 Å². The maximum atomic E-state index is 12.3. The van der Waals surface area contributed by atoms with Gasteiger partial charge in [-0.15, -0.1) is 13.2 Å². The molecule has 2 aromatic rings. The van der Waals surface area contributed by atoms with Gasteiger partial charge >= 0.3 is 6.36 Å². The number of hydrogen-bond acceptors (Lipinski definition) is 5. The highest BCUT2D eigenvalue weighted by Gasteiger charge is 2.31. The molecule has 1 atom stereocenters. The van der Waals surface area contributed by atoms with E-state index in [1.807, 2.05) is 24.3 Å². The van der Waals surface area contributed by atoms with Gasteiger partial charge in [-0.3, -0.25) is 0 Å². The van der Waals surface area contributed by atoms with E-state index < -0.39 is 12.0 Å². The number of alkyl halides is 3. The van der Waals surface area contributed by atoms with Gasteiger partial charge in [-0.25, -0.2) is 0 Å². The summed E-state index contributed by atoms with van der Waals surface area (Å²) in [5.41, 5.74) is 1.08. The zero-order valence-corrected chi connectivity index (χ0v) is 18.9. The smallest absolute Gasteiger partial charge is 0.491 e. The van der Waals surface area contributed by atoms with E-state index in [2.05, 4.69) is 9.64 Å². The van der Waals surface area contributed by atoms with Crippen LogP contribution in [0.2, 0.25) is 0 Å². The molecule has 182 valence electrons. The summed E-state index contributed by atoms with van der Waals surface area (Å²) >= 11 is 0. The first-order valence-corrected chi connectivity index (χ1v) is 11.3. The third kappa shape index (κ3) is 8.44. The molecule has 0 saturated carbocycles. The van der Waals surface area contributed by atoms with Crippen LogP contribution in [0.1, 0.15) is 38.2 Å². The Balaban J connectivity index is 1.40. The normalized spacial score (nSPS) is 17.0. The topological polar surface area (TPSA) is 62.2 Å². The van der Waals surface area contributed by atoms with E-state index in [-0.39, 0.29) is 25.4 Å². The lowest BCUT2D eigenvalue weighted by atomic mass is 9.90. The Kier molecular flexibility index (Phi) is 8.48. The molecule has 0 bridgehead atoms. The lowest BCUT2D eigenvalue weighted by Crippen LogP contribution is -2.34. The van der Waals surface area contributed by atoms with Gasteiger partial charge in [0, 0.05) is 31.8 Å². The van der Waals surface area contributed by atoms with Gasteiger partial charge in [0.05, 0.1) is 5.60 Å². The largest absolute Gasteiger partial charge is 0.573 e. The Morgan fingerprint density at radius 1 is 0.970 bits per heavy atom. The monoisotopic (exact) mass is 467 g/mol. The molecule has 33 heavy (non-hydrogen) atoms. The number of anilines is 1. The molecular weight excluding hydrogens is 435 g/mol. The molecule has 5 nitrogen and oxygen atoms in total. The predicted molar refractivity (Wildman–Crippen MR) is 121 cm³/mol. The van der Waals surface area contributed by atoms with E-state index in [1.54, 1.807) is 19.1 Å². The van der Waals surface area contributed by atoms with Gasteiger partial charge in [-0.2, -0.15) is 0 Å². The van der Waals surface area contributed by atoms with Crippen LogP contribution in [0, 0.1) is 5.92 Å². The standard InChI is InChI=1S/C25H32F3NO4/c1-24(31,14-17-30)18-32-22-10-6-21(7-11-22)29-15-12-20(13-16-29)3-2-19-4-8-23(9-5-19)33-25(26,27)28/h4-11,20,30-31H,2-3,12-18H2,1H3. The van der Waals surface area contributed by atoms with Gasteiger partial charge in [0.15, 0.2) is 0 Å². The van der Waals surface area contributed by atoms with Gasteiger partial charge in [0.1, 0.15) is 18.1 Å². The highest BCUT2D eigenvalue weighted by Crippen LogP contribution is 2.29. The van der Waals surface area contributed by atoms with Crippen molar-refractivity contribution in [2.45, 2.75) is 51.0 Å². The molecule has 1 unspecified atom stereocenters. The molecule has 0 aliphatic carbocycles. The van der Waals surface area contributed by atoms with E-state index in [4.69, 9.17) is 9.84 Å². The first-order valence-electron chi connectivity index (χ1n) is 11.3. The third-order valence-electron chi connectivity index (χ3n) is 6.01. The predicted octanol–water partition coefficient (Wildman–Crippen LogP) is 4.95. The van der Waals surface area contributed by atoms with Crippen molar-refractivity contribution in [3.63, 3.8) is 0 Å². The molecule has 2 aromatic carbocycles. The molecule has 1 saturated heterocycles. The SMILES string of the molecule is CC(O)(CCO)COc1ccc(N2CCC(CCc3ccc(OC(F)(F)F)cc3)CC2)cc1. The Hall–Kier alpha value is -2.45. The molecule has 3 rings (SSSR count). The highest BCUT2D eigenvalue weighted by atomic mass is 19.4. The van der Waals surface area contributed by atoms with Gasteiger partial charge in [0.2, 0.25) is 0 Å². The van der Waals surface area contributed by atoms with E-state index in [1.165, 1.54) is 12.1 Å². The van der Waals surface area contributed by atoms with Crippen molar-refractivity contribution in [1.82, 2.24) is 0 Å². The third-order valence-corrected chi connectivity index (χ3v) is 6.01. The summed E-state index contributed by atoms with van der Waals surface area (Å²) < 4.78 is 46.3. The number of aryl methyl sites for hydroxylation is 1. The fourth-order valence-electron chi connectivity index (χ4n) is 4.01. The number of hydrogen-bond donors (Lipinski definition) is 2. The first kappa shape index (κ1) is 25.2. The van der Waals surface area contributed by atoms with Crippen LogP contribution in [0.4, 0.5) is 18.9 Å². The average Bonchev–Trinajstić information content (AvgIpc) is 2.77. The molecule has 1 aliphatic rings. The second-order valence-electron chi connectivity index (χ2n) is 8.91. The first-order chi connectivity index (χ1) is 15.6. The van der Waals surface area contributed by atoms with Crippen LogP contribution in [0.3, 0.4) is 0 Å². The summed E-state index contributed by atoms with van der Waals surface area (Å²) in [6.45, 7) is 3.58.